The van der Waals surface area contributed by atoms with Crippen molar-refractivity contribution in [1.82, 2.24) is 5.32 Å². The molecule has 0 aliphatic carbocycles. The molecule has 14 heavy (non-hydrogen) atoms. The van der Waals surface area contributed by atoms with Crippen molar-refractivity contribution >= 4 is 11.6 Å². The van der Waals surface area contributed by atoms with Gasteiger partial charge in [0.15, 0.2) is 0 Å². The molecule has 0 aromatic rings. The number of hydrogen-bond donors (Lipinski definition) is 1. The van der Waals surface area contributed by atoms with Crippen LogP contribution in [-0.2, 0) is 9.59 Å². The zero-order valence-electron chi connectivity index (χ0n) is 9.33. The summed E-state index contributed by atoms with van der Waals surface area (Å²) in [6.45, 7) is 7.24. The summed E-state index contributed by atoms with van der Waals surface area (Å²) in [6, 6.07) is 0.385. The zero-order chi connectivity index (χ0) is 10.9. The van der Waals surface area contributed by atoms with Gasteiger partial charge in [0.1, 0.15) is 11.6 Å². The highest BCUT2D eigenvalue weighted by Crippen LogP contribution is 2.26. The molecular weight excluding hydrogens is 178 g/mol. The first-order chi connectivity index (χ1) is 6.43. The van der Waals surface area contributed by atoms with Gasteiger partial charge in [-0.1, -0.05) is 0 Å². The van der Waals surface area contributed by atoms with E-state index in [0.717, 1.165) is 0 Å². The van der Waals surface area contributed by atoms with E-state index in [1.165, 1.54) is 0 Å². The van der Waals surface area contributed by atoms with Crippen molar-refractivity contribution in [3.63, 3.8) is 0 Å². The Labute approximate surface area is 85.3 Å². The van der Waals surface area contributed by atoms with E-state index in [1.54, 1.807) is 13.8 Å². The van der Waals surface area contributed by atoms with Crippen molar-refractivity contribution in [2.45, 2.75) is 46.2 Å². The van der Waals surface area contributed by atoms with Crippen LogP contribution >= 0.6 is 0 Å². The Morgan fingerprint density at radius 2 is 1.36 bits per heavy atom. The third-order valence-electron chi connectivity index (χ3n) is 3.29. The van der Waals surface area contributed by atoms with Crippen molar-refractivity contribution < 1.29 is 9.59 Å². The van der Waals surface area contributed by atoms with Crippen LogP contribution in [0.15, 0.2) is 0 Å². The fourth-order valence-corrected chi connectivity index (χ4v) is 2.36. The second-order valence-electron chi connectivity index (χ2n) is 4.41. The average molecular weight is 197 g/mol. The maximum atomic E-state index is 11.3. The Hall–Kier alpha value is -0.700. The monoisotopic (exact) mass is 197 g/mol. The molecule has 1 fully saturated rings. The van der Waals surface area contributed by atoms with Crippen LogP contribution in [0.2, 0.25) is 0 Å². The standard InChI is InChI=1S/C11H19NO2/c1-6-10(8(3)13)5-11(9(4)14)7(2)12-6/h6-7,10-12H,5H2,1-4H3. The van der Waals surface area contributed by atoms with Gasteiger partial charge < -0.3 is 5.32 Å². The summed E-state index contributed by atoms with van der Waals surface area (Å²) in [6.07, 6.45) is 0.708. The Balaban J connectivity index is 2.75. The van der Waals surface area contributed by atoms with Crippen molar-refractivity contribution in [1.29, 1.82) is 0 Å². The molecule has 4 atom stereocenters. The molecule has 0 saturated carbocycles. The summed E-state index contributed by atoms with van der Waals surface area (Å²) in [4.78, 5) is 22.7. The molecule has 3 heteroatoms. The van der Waals surface area contributed by atoms with Crippen molar-refractivity contribution in [3.8, 4) is 0 Å². The molecule has 0 amide bonds. The third kappa shape index (κ3) is 2.21. The Morgan fingerprint density at radius 3 is 1.64 bits per heavy atom. The number of piperidine rings is 1. The van der Waals surface area contributed by atoms with E-state index in [1.807, 2.05) is 13.8 Å². The van der Waals surface area contributed by atoms with Gasteiger partial charge in [0, 0.05) is 23.9 Å². The number of Topliss-reactive ketones (excluding diaryl/α,β-unsaturated/α-hetero) is 2. The summed E-state index contributed by atoms with van der Waals surface area (Å²) in [5.74, 6) is 0.367. The Kier molecular flexibility index (Phi) is 3.43. The quantitative estimate of drug-likeness (QED) is 0.722. The second-order valence-corrected chi connectivity index (χ2v) is 4.41. The molecule has 0 aromatic carbocycles. The Bertz CT molecular complexity index is 226. The first-order valence-corrected chi connectivity index (χ1v) is 5.20. The number of nitrogens with one attached hydrogen (secondary N) is 1. The fraction of sp³-hybridized carbons (Fsp3) is 0.818. The lowest BCUT2D eigenvalue weighted by Gasteiger charge is -2.37. The lowest BCUT2D eigenvalue weighted by molar-refractivity contribution is -0.127. The number of rotatable bonds is 2. The Morgan fingerprint density at radius 1 is 1.00 bits per heavy atom. The number of ketones is 2. The van der Waals surface area contributed by atoms with Crippen LogP contribution in [0.4, 0.5) is 0 Å². The summed E-state index contributed by atoms with van der Waals surface area (Å²) < 4.78 is 0. The molecular formula is C11H19NO2. The summed E-state index contributed by atoms with van der Waals surface area (Å²) in [5, 5.41) is 3.30. The van der Waals surface area contributed by atoms with E-state index in [0.29, 0.717) is 6.42 Å². The van der Waals surface area contributed by atoms with Crippen LogP contribution in [0.5, 0.6) is 0 Å². The van der Waals surface area contributed by atoms with Crippen molar-refractivity contribution in [2.75, 3.05) is 0 Å². The molecule has 0 bridgehead atoms. The molecule has 80 valence electrons. The summed E-state index contributed by atoms with van der Waals surface area (Å²) in [5.41, 5.74) is 0. The van der Waals surface area contributed by atoms with E-state index in [2.05, 4.69) is 5.32 Å². The normalized spacial score (nSPS) is 38.0. The average Bonchev–Trinajstić information content (AvgIpc) is 2.02. The molecule has 0 spiro atoms. The van der Waals surface area contributed by atoms with Crippen LogP contribution in [0.1, 0.15) is 34.1 Å². The van der Waals surface area contributed by atoms with Gasteiger partial charge in [0.2, 0.25) is 0 Å². The van der Waals surface area contributed by atoms with E-state index < -0.39 is 0 Å². The summed E-state index contributed by atoms with van der Waals surface area (Å²) >= 11 is 0. The molecule has 1 rings (SSSR count). The maximum Gasteiger partial charge on any atom is 0.134 e. The third-order valence-corrected chi connectivity index (χ3v) is 3.29. The molecule has 1 N–H and O–H groups in total. The van der Waals surface area contributed by atoms with Crippen LogP contribution in [-0.4, -0.2) is 23.7 Å². The molecule has 1 saturated heterocycles. The number of hydrogen-bond acceptors (Lipinski definition) is 3. The fourth-order valence-electron chi connectivity index (χ4n) is 2.36. The molecule has 1 aliphatic heterocycles. The maximum absolute atomic E-state index is 11.3. The molecule has 1 heterocycles. The number of carbonyl (C=O) groups is 2. The van der Waals surface area contributed by atoms with Gasteiger partial charge in [0.05, 0.1) is 0 Å². The number of carbonyl (C=O) groups excluding carboxylic acids is 2. The molecule has 0 radical (unpaired) electrons. The zero-order valence-corrected chi connectivity index (χ0v) is 9.33. The first kappa shape index (κ1) is 11.4. The van der Waals surface area contributed by atoms with Crippen LogP contribution in [0.25, 0.3) is 0 Å². The summed E-state index contributed by atoms with van der Waals surface area (Å²) in [7, 11) is 0. The minimum Gasteiger partial charge on any atom is -0.310 e. The highest BCUT2D eigenvalue weighted by molar-refractivity contribution is 5.83. The van der Waals surface area contributed by atoms with Crippen LogP contribution in [0, 0.1) is 11.8 Å². The largest absolute Gasteiger partial charge is 0.310 e. The van der Waals surface area contributed by atoms with E-state index in [-0.39, 0.29) is 35.5 Å². The molecule has 3 nitrogen and oxygen atoms in total. The minimum absolute atomic E-state index is 0.0000926. The van der Waals surface area contributed by atoms with Crippen LogP contribution in [0.3, 0.4) is 0 Å². The van der Waals surface area contributed by atoms with Crippen molar-refractivity contribution in [3.05, 3.63) is 0 Å². The lowest BCUT2D eigenvalue weighted by atomic mass is 9.77. The van der Waals surface area contributed by atoms with Gasteiger partial charge in [-0.15, -0.1) is 0 Å². The predicted molar refractivity (Wildman–Crippen MR) is 55.0 cm³/mol. The smallest absolute Gasteiger partial charge is 0.134 e. The highest BCUT2D eigenvalue weighted by atomic mass is 16.1. The van der Waals surface area contributed by atoms with E-state index in [9.17, 15) is 9.59 Å². The molecule has 4 unspecified atom stereocenters. The second kappa shape index (κ2) is 4.22. The minimum atomic E-state index is 0.0000926. The lowest BCUT2D eigenvalue weighted by Crippen LogP contribution is -2.53. The topological polar surface area (TPSA) is 46.2 Å². The van der Waals surface area contributed by atoms with Gasteiger partial charge in [0.25, 0.3) is 0 Å². The van der Waals surface area contributed by atoms with Gasteiger partial charge in [-0.3, -0.25) is 9.59 Å². The first-order valence-electron chi connectivity index (χ1n) is 5.20. The van der Waals surface area contributed by atoms with Gasteiger partial charge in [-0.25, -0.2) is 0 Å². The van der Waals surface area contributed by atoms with Crippen molar-refractivity contribution in [2.24, 2.45) is 11.8 Å². The van der Waals surface area contributed by atoms with Gasteiger partial charge >= 0.3 is 0 Å². The highest BCUT2D eigenvalue weighted by Gasteiger charge is 2.36. The predicted octanol–water partition coefficient (Wildman–Crippen LogP) is 1.17. The van der Waals surface area contributed by atoms with E-state index >= 15 is 0 Å². The van der Waals surface area contributed by atoms with Gasteiger partial charge in [-0.2, -0.15) is 0 Å². The van der Waals surface area contributed by atoms with Crippen LogP contribution < -0.4 is 5.32 Å². The molecule has 1 aliphatic rings. The SMILES string of the molecule is CC(=O)C1CC(C(C)=O)C(C)NC1C. The van der Waals surface area contributed by atoms with Gasteiger partial charge in [-0.05, 0) is 34.1 Å². The van der Waals surface area contributed by atoms with E-state index in [4.69, 9.17) is 0 Å². The molecule has 0 aromatic heterocycles.